The monoisotopic (exact) mass is 308 g/mol. The van der Waals surface area contributed by atoms with Crippen molar-refractivity contribution >= 4 is 13.9 Å². The van der Waals surface area contributed by atoms with Crippen LogP contribution in [-0.4, -0.2) is 24.3 Å². The molecule has 1 aromatic rings. The molecule has 0 amide bonds. The van der Waals surface area contributed by atoms with Gasteiger partial charge in [-0.15, -0.1) is 6.58 Å². The van der Waals surface area contributed by atoms with Crippen LogP contribution in [0.1, 0.15) is 12.0 Å². The Bertz CT molecular complexity index is 548. The average molecular weight is 308 g/mol. The minimum atomic E-state index is -3.46. The van der Waals surface area contributed by atoms with Crippen molar-refractivity contribution in [2.75, 3.05) is 13.2 Å². The summed E-state index contributed by atoms with van der Waals surface area (Å²) in [5.74, 6) is -0.544. The van der Waals surface area contributed by atoms with Crippen LogP contribution in [0.2, 0.25) is 0 Å². The summed E-state index contributed by atoms with van der Waals surface area (Å²) in [6, 6.07) is 9.38. The first-order chi connectivity index (χ1) is 10.1. The van der Waals surface area contributed by atoms with Crippen LogP contribution in [0.3, 0.4) is 0 Å². The summed E-state index contributed by atoms with van der Waals surface area (Å²) in [6.45, 7) is 4.06. The summed E-state index contributed by atoms with van der Waals surface area (Å²) in [5.41, 5.74) is 0.889. The molecule has 1 aliphatic heterocycles. The van der Waals surface area contributed by atoms with E-state index in [4.69, 9.17) is 13.8 Å². The Kier molecular flexibility index (Phi) is 3.84. The molecule has 0 aromatic heterocycles. The normalized spacial score (nSPS) is 33.3. The van der Waals surface area contributed by atoms with E-state index in [0.717, 1.165) is 5.56 Å². The molecule has 0 N–H and O–H groups in total. The van der Waals surface area contributed by atoms with Gasteiger partial charge in [0.05, 0.1) is 0 Å². The molecule has 1 aromatic carbocycles. The highest BCUT2D eigenvalue weighted by atomic mass is 31.2. The number of benzene rings is 1. The van der Waals surface area contributed by atoms with Crippen molar-refractivity contribution in [3.05, 3.63) is 48.6 Å². The zero-order valence-corrected chi connectivity index (χ0v) is 12.5. The third-order valence-corrected chi connectivity index (χ3v) is 6.62. The summed E-state index contributed by atoms with van der Waals surface area (Å²) in [4.78, 5) is 25.1. The first-order valence-corrected chi connectivity index (χ1v) is 8.38. The van der Waals surface area contributed by atoms with Crippen LogP contribution in [0.25, 0.3) is 0 Å². The predicted molar refractivity (Wildman–Crippen MR) is 76.1 cm³/mol. The summed E-state index contributed by atoms with van der Waals surface area (Å²) in [5, 5.41) is -1.09. The van der Waals surface area contributed by atoms with Gasteiger partial charge < -0.3 is 9.63 Å². The Morgan fingerprint density at radius 2 is 2.29 bits per heavy atom. The second-order valence-electron chi connectivity index (χ2n) is 5.26. The molecule has 1 saturated heterocycles. The lowest BCUT2D eigenvalue weighted by Crippen LogP contribution is -2.35. The summed E-state index contributed by atoms with van der Waals surface area (Å²) < 4.78 is 15.9. The molecule has 3 rings (SSSR count). The van der Waals surface area contributed by atoms with E-state index in [1.165, 1.54) is 6.08 Å². The third kappa shape index (κ3) is 2.40. The summed E-state index contributed by atoms with van der Waals surface area (Å²) in [7, 11) is -3.46. The fraction of sp³-hybridized carbons (Fsp3) is 0.400. The van der Waals surface area contributed by atoms with Crippen LogP contribution in [0.4, 0.5) is 0 Å². The maximum absolute atomic E-state index is 12.7. The minimum Gasteiger partial charge on any atom is -0.630 e. The van der Waals surface area contributed by atoms with E-state index in [1.807, 2.05) is 30.3 Å². The van der Waals surface area contributed by atoms with Crippen LogP contribution in [0.5, 0.6) is 0 Å². The molecule has 21 heavy (non-hydrogen) atoms. The van der Waals surface area contributed by atoms with Gasteiger partial charge in [-0.25, -0.2) is 13.8 Å². The maximum Gasteiger partial charge on any atom is 0.356 e. The molecule has 0 spiro atoms. The van der Waals surface area contributed by atoms with E-state index in [1.54, 1.807) is 0 Å². The lowest BCUT2D eigenvalue weighted by atomic mass is 10.2. The van der Waals surface area contributed by atoms with Crippen molar-refractivity contribution in [1.29, 1.82) is 0 Å². The fourth-order valence-corrected chi connectivity index (χ4v) is 5.13. The average Bonchev–Trinajstić information content (AvgIpc) is 3.20. The van der Waals surface area contributed by atoms with E-state index in [0.29, 0.717) is 6.42 Å². The van der Waals surface area contributed by atoms with Gasteiger partial charge in [-0.1, -0.05) is 36.4 Å². The quantitative estimate of drug-likeness (QED) is 0.456. The Hall–Kier alpha value is -1.26. The summed E-state index contributed by atoms with van der Waals surface area (Å²) >= 11 is 0. The Balaban J connectivity index is 1.67. The van der Waals surface area contributed by atoms with Crippen molar-refractivity contribution in [2.45, 2.75) is 18.2 Å². The largest absolute Gasteiger partial charge is 0.630 e. The molecule has 1 saturated carbocycles. The molecular formula is C15H17O5P. The zero-order valence-electron chi connectivity index (χ0n) is 11.6. The predicted octanol–water partition coefficient (Wildman–Crippen LogP) is 1.84. The number of ether oxygens (including phenoxy) is 1. The molecule has 1 unspecified atom stereocenters. The van der Waals surface area contributed by atoms with Gasteiger partial charge in [0.1, 0.15) is 19.8 Å². The standard InChI is InChI=1S/C15H17O5P/c1-2-8-19-21(17)15(9-13(15)11-20-21)14(16)18-10-12-6-4-3-5-7-12/h2-7,13H,1,8-11H2/t13-,15-,21?/m0/s1. The lowest BCUT2D eigenvalue weighted by Gasteiger charge is -2.29. The number of carbonyl (C=O) groups is 1. The summed E-state index contributed by atoms with van der Waals surface area (Å²) in [6.07, 6.45) is 2.00. The number of rotatable bonds is 6. The number of carbonyl (C=O) groups excluding carboxylic acids is 1. The van der Waals surface area contributed by atoms with Crippen molar-refractivity contribution in [3.63, 3.8) is 0 Å². The van der Waals surface area contributed by atoms with Gasteiger partial charge in [0, 0.05) is 12.3 Å². The highest BCUT2D eigenvalue weighted by Crippen LogP contribution is 2.81. The number of hydrogen-bond donors (Lipinski definition) is 0. The molecule has 2 aliphatic rings. The van der Waals surface area contributed by atoms with E-state index in [-0.39, 0.29) is 25.7 Å². The van der Waals surface area contributed by atoms with Crippen molar-refractivity contribution in [1.82, 2.24) is 0 Å². The molecule has 0 radical (unpaired) electrons. The van der Waals surface area contributed by atoms with E-state index in [9.17, 15) is 9.69 Å². The number of esters is 1. The second kappa shape index (κ2) is 5.50. The first-order valence-electron chi connectivity index (χ1n) is 6.84. The van der Waals surface area contributed by atoms with Gasteiger partial charge in [0.15, 0.2) is 0 Å². The molecule has 112 valence electrons. The SMILES string of the molecule is C=CCO[P+]1([O-])OC[C@@H]2C[C@@]21C(=O)OCc1ccccc1. The molecule has 3 atom stereocenters. The molecule has 1 heterocycles. The van der Waals surface area contributed by atoms with Crippen molar-refractivity contribution in [3.8, 4) is 0 Å². The van der Waals surface area contributed by atoms with Crippen LogP contribution < -0.4 is 4.89 Å². The fourth-order valence-electron chi connectivity index (χ4n) is 2.67. The maximum atomic E-state index is 12.7. The van der Waals surface area contributed by atoms with Crippen LogP contribution in [0.15, 0.2) is 43.0 Å². The van der Waals surface area contributed by atoms with Crippen molar-refractivity contribution in [2.24, 2.45) is 5.92 Å². The Morgan fingerprint density at radius 1 is 1.52 bits per heavy atom. The van der Waals surface area contributed by atoms with Gasteiger partial charge in [-0.2, -0.15) is 0 Å². The molecular weight excluding hydrogens is 291 g/mol. The lowest BCUT2D eigenvalue weighted by molar-refractivity contribution is -0.219. The van der Waals surface area contributed by atoms with E-state index >= 15 is 0 Å². The molecule has 6 heteroatoms. The second-order valence-corrected chi connectivity index (χ2v) is 7.57. The van der Waals surface area contributed by atoms with Crippen LogP contribution in [0, 0.1) is 5.92 Å². The van der Waals surface area contributed by atoms with Crippen LogP contribution >= 0.6 is 7.94 Å². The third-order valence-electron chi connectivity index (χ3n) is 3.94. The molecule has 5 nitrogen and oxygen atoms in total. The van der Waals surface area contributed by atoms with Crippen molar-refractivity contribution < 1.29 is 23.5 Å². The number of hydrogen-bond acceptors (Lipinski definition) is 5. The highest BCUT2D eigenvalue weighted by Gasteiger charge is 2.82. The van der Waals surface area contributed by atoms with Crippen LogP contribution in [-0.2, 0) is 25.2 Å². The van der Waals surface area contributed by atoms with E-state index in [2.05, 4.69) is 6.58 Å². The van der Waals surface area contributed by atoms with Gasteiger partial charge in [0.2, 0.25) is 5.16 Å². The van der Waals surface area contributed by atoms with E-state index < -0.39 is 19.1 Å². The molecule has 2 fully saturated rings. The highest BCUT2D eigenvalue weighted by molar-refractivity contribution is 7.62. The molecule has 0 bridgehead atoms. The Morgan fingerprint density at radius 3 is 2.95 bits per heavy atom. The number of fused-ring (bicyclic) bond motifs is 1. The molecule has 1 aliphatic carbocycles. The topological polar surface area (TPSA) is 67.8 Å². The minimum absolute atomic E-state index is 0.0589. The Labute approximate surface area is 124 Å². The van der Waals surface area contributed by atoms with Gasteiger partial charge in [-0.05, 0) is 5.56 Å². The van der Waals surface area contributed by atoms with Gasteiger partial charge in [-0.3, -0.25) is 0 Å². The van der Waals surface area contributed by atoms with Gasteiger partial charge in [0.25, 0.3) is 7.94 Å². The smallest absolute Gasteiger partial charge is 0.356 e. The van der Waals surface area contributed by atoms with Gasteiger partial charge >= 0.3 is 5.97 Å². The first kappa shape index (κ1) is 14.7. The zero-order chi connectivity index (χ0) is 14.9.